The zero-order chi connectivity index (χ0) is 12.8. The average molecular weight is 249 g/mol. The Hall–Kier alpha value is -0.943. The van der Waals surface area contributed by atoms with Crippen molar-refractivity contribution in [2.24, 2.45) is 0 Å². The highest BCUT2D eigenvalue weighted by molar-refractivity contribution is 6.36. The van der Waals surface area contributed by atoms with Gasteiger partial charge in [0.25, 0.3) is 0 Å². The molecule has 1 N–H and O–H groups in total. The van der Waals surface area contributed by atoms with Gasteiger partial charge in [0.15, 0.2) is 0 Å². The second-order valence-corrected chi connectivity index (χ2v) is 3.94. The minimum atomic E-state index is -1.73. The van der Waals surface area contributed by atoms with Crippen molar-refractivity contribution in [2.75, 3.05) is 26.4 Å². The minimum Gasteiger partial charge on any atom is -0.476 e. The van der Waals surface area contributed by atoms with Gasteiger partial charge in [0.1, 0.15) is 0 Å². The molecule has 0 bridgehead atoms. The highest BCUT2D eigenvalue weighted by atomic mass is 28.3. The van der Waals surface area contributed by atoms with E-state index in [0.717, 1.165) is 0 Å². The van der Waals surface area contributed by atoms with E-state index in [-0.39, 0.29) is 0 Å². The Morgan fingerprint density at radius 1 is 1.19 bits per heavy atom. The van der Waals surface area contributed by atoms with Crippen molar-refractivity contribution < 1.29 is 23.2 Å². The summed E-state index contributed by atoms with van der Waals surface area (Å²) >= 11 is 0. The number of aliphatic carboxylic acids is 1. The van der Waals surface area contributed by atoms with Gasteiger partial charge in [-0.15, -0.1) is 0 Å². The predicted octanol–water partition coefficient (Wildman–Crippen LogP) is 0.803. The van der Waals surface area contributed by atoms with Gasteiger partial charge in [-0.05, 0) is 20.8 Å². The van der Waals surface area contributed by atoms with Crippen LogP contribution in [0.15, 0.2) is 0 Å². The standard InChI is InChI=1S/C6H16O3Si.C3H3NO2/c1-4-7-10(8-5-2)9-6-3;1-4-2-3(5)6/h10H,4-6H2,1-3H3;2H2,(H,5,6). The van der Waals surface area contributed by atoms with Crippen LogP contribution in [0.5, 0.6) is 0 Å². The Bertz CT molecular complexity index is 192. The Kier molecular flexibility index (Phi) is 15.3. The molecule has 0 fully saturated rings. The van der Waals surface area contributed by atoms with Crippen LogP contribution >= 0.6 is 0 Å². The summed E-state index contributed by atoms with van der Waals surface area (Å²) < 4.78 is 15.7. The molecule has 0 aliphatic rings. The summed E-state index contributed by atoms with van der Waals surface area (Å²) in [7, 11) is -1.73. The van der Waals surface area contributed by atoms with Gasteiger partial charge in [-0.25, -0.2) is 11.4 Å². The quantitative estimate of drug-likeness (QED) is 0.534. The third kappa shape index (κ3) is 15.5. The van der Waals surface area contributed by atoms with E-state index in [0.29, 0.717) is 19.8 Å². The van der Waals surface area contributed by atoms with Gasteiger partial charge in [-0.2, -0.15) is 0 Å². The number of rotatable bonds is 7. The monoisotopic (exact) mass is 249 g/mol. The number of hydrogen-bond acceptors (Lipinski definition) is 4. The molecule has 0 amide bonds. The first kappa shape index (κ1) is 17.5. The van der Waals surface area contributed by atoms with E-state index in [1.807, 2.05) is 20.8 Å². The van der Waals surface area contributed by atoms with Crippen LogP contribution in [-0.2, 0) is 18.1 Å². The summed E-state index contributed by atoms with van der Waals surface area (Å²) in [6.45, 7) is 13.4. The molecule has 0 heterocycles. The smallest absolute Gasteiger partial charge is 0.476 e. The molecule has 0 aliphatic carbocycles. The Labute approximate surface area is 97.9 Å². The van der Waals surface area contributed by atoms with Crippen molar-refractivity contribution in [1.29, 1.82) is 0 Å². The summed E-state index contributed by atoms with van der Waals surface area (Å²) in [6, 6.07) is 0. The SMILES string of the molecule is CCO[SiH](OCC)OCC.[C-]#[N+]CC(=O)O. The fraction of sp³-hybridized carbons (Fsp3) is 0.778. The second kappa shape index (κ2) is 14.1. The topological polar surface area (TPSA) is 69.4 Å². The molecule has 0 aromatic heterocycles. The third-order valence-electron chi connectivity index (χ3n) is 1.12. The normalized spacial score (nSPS) is 9.19. The van der Waals surface area contributed by atoms with Crippen LogP contribution in [0.4, 0.5) is 0 Å². The molecule has 0 aromatic rings. The molecular formula is C9H19NO5Si. The number of carboxylic acids is 1. The fourth-order valence-corrected chi connectivity index (χ4v) is 1.73. The maximum atomic E-state index is 9.39. The van der Waals surface area contributed by atoms with Gasteiger partial charge < -0.3 is 23.2 Å². The zero-order valence-corrected chi connectivity index (χ0v) is 11.1. The van der Waals surface area contributed by atoms with Gasteiger partial charge in [-0.3, -0.25) is 0 Å². The summed E-state index contributed by atoms with van der Waals surface area (Å²) in [6.07, 6.45) is 0. The first-order chi connectivity index (χ1) is 7.62. The molecule has 6 nitrogen and oxygen atoms in total. The highest BCUT2D eigenvalue weighted by Gasteiger charge is 2.11. The maximum absolute atomic E-state index is 9.39. The molecule has 0 radical (unpaired) electrons. The van der Waals surface area contributed by atoms with E-state index in [9.17, 15) is 4.79 Å². The summed E-state index contributed by atoms with van der Waals surface area (Å²) in [5, 5.41) is 7.70. The van der Waals surface area contributed by atoms with Crippen LogP contribution in [-0.4, -0.2) is 47.0 Å². The summed E-state index contributed by atoms with van der Waals surface area (Å²) in [4.78, 5) is 12.0. The van der Waals surface area contributed by atoms with Crippen molar-refractivity contribution in [2.45, 2.75) is 20.8 Å². The average Bonchev–Trinajstić information content (AvgIpc) is 2.19. The first-order valence-corrected chi connectivity index (χ1v) is 6.43. The molecule has 0 saturated carbocycles. The summed E-state index contributed by atoms with van der Waals surface area (Å²) in [5.74, 6) is -1.06. The van der Waals surface area contributed by atoms with E-state index >= 15 is 0 Å². The largest absolute Gasteiger partial charge is 0.484 e. The molecular weight excluding hydrogens is 230 g/mol. The second-order valence-electron chi connectivity index (χ2n) is 2.36. The molecule has 7 heteroatoms. The molecule has 0 unspecified atom stereocenters. The predicted molar refractivity (Wildman–Crippen MR) is 61.1 cm³/mol. The van der Waals surface area contributed by atoms with Crippen molar-refractivity contribution in [3.05, 3.63) is 11.4 Å². The third-order valence-corrected chi connectivity index (χ3v) is 2.94. The molecule has 94 valence electrons. The molecule has 0 rings (SSSR count). The van der Waals surface area contributed by atoms with Crippen LogP contribution in [0.3, 0.4) is 0 Å². The lowest BCUT2D eigenvalue weighted by Crippen LogP contribution is -2.27. The maximum Gasteiger partial charge on any atom is 0.484 e. The minimum absolute atomic E-state index is 0.417. The van der Waals surface area contributed by atoms with Crippen LogP contribution in [0.25, 0.3) is 4.85 Å². The van der Waals surface area contributed by atoms with E-state index in [1.165, 1.54) is 0 Å². The van der Waals surface area contributed by atoms with E-state index < -0.39 is 22.0 Å². The van der Waals surface area contributed by atoms with Gasteiger partial charge in [0, 0.05) is 19.8 Å². The van der Waals surface area contributed by atoms with Crippen molar-refractivity contribution in [3.63, 3.8) is 0 Å². The number of hydrogen-bond donors (Lipinski definition) is 1. The van der Waals surface area contributed by atoms with Gasteiger partial charge in [0.2, 0.25) is 0 Å². The van der Waals surface area contributed by atoms with Crippen molar-refractivity contribution in [3.8, 4) is 0 Å². The molecule has 16 heavy (non-hydrogen) atoms. The Morgan fingerprint density at radius 3 is 1.69 bits per heavy atom. The van der Waals surface area contributed by atoms with Crippen molar-refractivity contribution in [1.82, 2.24) is 0 Å². The van der Waals surface area contributed by atoms with Crippen LogP contribution in [0, 0.1) is 6.57 Å². The fourth-order valence-electron chi connectivity index (χ4n) is 0.620. The molecule has 0 aromatic carbocycles. The van der Waals surface area contributed by atoms with Gasteiger partial charge in [0.05, 0.1) is 0 Å². The van der Waals surface area contributed by atoms with Crippen LogP contribution < -0.4 is 0 Å². The van der Waals surface area contributed by atoms with Gasteiger partial charge in [-0.1, -0.05) is 0 Å². The number of carbonyl (C=O) groups is 1. The highest BCUT2D eigenvalue weighted by Crippen LogP contribution is 1.91. The van der Waals surface area contributed by atoms with E-state index in [1.54, 1.807) is 0 Å². The summed E-state index contributed by atoms with van der Waals surface area (Å²) in [5.41, 5.74) is 0. The van der Waals surface area contributed by atoms with Crippen LogP contribution in [0.2, 0.25) is 0 Å². The molecule has 0 spiro atoms. The Morgan fingerprint density at radius 2 is 1.56 bits per heavy atom. The van der Waals surface area contributed by atoms with E-state index in [4.69, 9.17) is 25.0 Å². The lowest BCUT2D eigenvalue weighted by atomic mass is 10.7. The van der Waals surface area contributed by atoms with Crippen LogP contribution in [0.1, 0.15) is 20.8 Å². The Balaban J connectivity index is 0. The molecule has 0 atom stereocenters. The zero-order valence-electron chi connectivity index (χ0n) is 9.93. The lowest BCUT2D eigenvalue weighted by Gasteiger charge is -2.12. The van der Waals surface area contributed by atoms with E-state index in [2.05, 4.69) is 4.85 Å². The van der Waals surface area contributed by atoms with Gasteiger partial charge >= 0.3 is 22.0 Å². The van der Waals surface area contributed by atoms with Crippen molar-refractivity contribution >= 4 is 15.5 Å². The number of nitrogens with zero attached hydrogens (tertiary/aromatic N) is 1. The first-order valence-electron chi connectivity index (χ1n) is 5.02. The lowest BCUT2D eigenvalue weighted by molar-refractivity contribution is -0.134. The molecule has 0 saturated heterocycles. The number of carboxylic acid groups (broad SMARTS) is 1. The molecule has 0 aliphatic heterocycles.